The van der Waals surface area contributed by atoms with Gasteiger partial charge in [-0.1, -0.05) is 11.6 Å². The van der Waals surface area contributed by atoms with Crippen molar-refractivity contribution in [2.24, 2.45) is 7.05 Å². The molecule has 4 nitrogen and oxygen atoms in total. The van der Waals surface area contributed by atoms with Crippen molar-refractivity contribution in [2.45, 2.75) is 0 Å². The van der Waals surface area contributed by atoms with Gasteiger partial charge in [-0.3, -0.25) is 0 Å². The van der Waals surface area contributed by atoms with Crippen LogP contribution in [0.15, 0.2) is 18.2 Å². The summed E-state index contributed by atoms with van der Waals surface area (Å²) in [6.45, 7) is 0. The summed E-state index contributed by atoms with van der Waals surface area (Å²) in [5.41, 5.74) is 0.930. The van der Waals surface area contributed by atoms with E-state index in [1.807, 2.05) is 0 Å². The van der Waals surface area contributed by atoms with E-state index in [0.29, 0.717) is 10.8 Å². The molecule has 0 atom stereocenters. The second-order valence-corrected chi connectivity index (χ2v) is 3.88. The number of fused-ring (bicyclic) bond motifs is 1. The first-order chi connectivity index (χ1) is 7.54. The Kier molecular flexibility index (Phi) is 2.52. The number of halogens is 1. The molecule has 0 radical (unpaired) electrons. The molecule has 0 aliphatic heterocycles. The Morgan fingerprint density at radius 2 is 2.12 bits per heavy atom. The van der Waals surface area contributed by atoms with E-state index in [9.17, 15) is 4.79 Å². The number of carboxylic acids is 1. The number of aromatic nitrogens is 1. The Morgan fingerprint density at radius 3 is 2.69 bits per heavy atom. The van der Waals surface area contributed by atoms with E-state index in [4.69, 9.17) is 21.4 Å². The SMILES string of the molecule is COc1cc(Cl)cc2cc(C(=O)O)n(C)c12. The summed E-state index contributed by atoms with van der Waals surface area (Å²) in [4.78, 5) is 11.0. The van der Waals surface area contributed by atoms with Crippen LogP contribution in [0.2, 0.25) is 5.02 Å². The maximum atomic E-state index is 11.0. The van der Waals surface area contributed by atoms with Crippen LogP contribution in [0, 0.1) is 0 Å². The number of nitrogens with zero attached hydrogens (tertiary/aromatic N) is 1. The maximum absolute atomic E-state index is 11.0. The van der Waals surface area contributed by atoms with Gasteiger partial charge in [-0.15, -0.1) is 0 Å². The lowest BCUT2D eigenvalue weighted by Crippen LogP contribution is -2.04. The third-order valence-corrected chi connectivity index (χ3v) is 2.72. The van der Waals surface area contributed by atoms with Gasteiger partial charge in [0.05, 0.1) is 12.6 Å². The van der Waals surface area contributed by atoms with Crippen molar-refractivity contribution in [3.8, 4) is 5.75 Å². The standard InChI is InChI=1S/C11H10ClNO3/c1-13-8(11(14)15)4-6-3-7(12)5-9(16-2)10(6)13/h3-5H,1-2H3,(H,14,15). The van der Waals surface area contributed by atoms with Gasteiger partial charge in [-0.2, -0.15) is 0 Å². The van der Waals surface area contributed by atoms with Crippen molar-refractivity contribution in [1.29, 1.82) is 0 Å². The molecule has 0 amide bonds. The molecule has 0 unspecified atom stereocenters. The van der Waals surface area contributed by atoms with Gasteiger partial charge in [0.2, 0.25) is 0 Å². The highest BCUT2D eigenvalue weighted by molar-refractivity contribution is 6.31. The van der Waals surface area contributed by atoms with E-state index in [2.05, 4.69) is 0 Å². The average Bonchev–Trinajstić information content (AvgIpc) is 2.55. The Bertz CT molecular complexity index is 574. The Hall–Kier alpha value is -1.68. The van der Waals surface area contributed by atoms with Crippen molar-refractivity contribution < 1.29 is 14.6 Å². The van der Waals surface area contributed by atoms with Crippen LogP contribution in [0.1, 0.15) is 10.5 Å². The number of carboxylic acid groups (broad SMARTS) is 1. The number of aryl methyl sites for hydroxylation is 1. The molecule has 1 N–H and O–H groups in total. The minimum absolute atomic E-state index is 0.204. The van der Waals surface area contributed by atoms with E-state index in [-0.39, 0.29) is 5.69 Å². The monoisotopic (exact) mass is 239 g/mol. The number of ether oxygens (including phenoxy) is 1. The van der Waals surface area contributed by atoms with E-state index >= 15 is 0 Å². The van der Waals surface area contributed by atoms with Crippen molar-refractivity contribution in [3.63, 3.8) is 0 Å². The zero-order valence-electron chi connectivity index (χ0n) is 8.82. The molecule has 0 fully saturated rings. The molecule has 84 valence electrons. The number of methoxy groups -OCH3 is 1. The minimum atomic E-state index is -0.975. The summed E-state index contributed by atoms with van der Waals surface area (Å²) in [7, 11) is 3.21. The molecule has 0 spiro atoms. The Morgan fingerprint density at radius 1 is 1.44 bits per heavy atom. The number of carbonyl (C=O) groups is 1. The third-order valence-electron chi connectivity index (χ3n) is 2.50. The smallest absolute Gasteiger partial charge is 0.352 e. The molecule has 1 aromatic carbocycles. The molecule has 2 aromatic rings. The zero-order valence-corrected chi connectivity index (χ0v) is 9.58. The molecule has 2 rings (SSSR count). The van der Waals surface area contributed by atoms with Gasteiger partial charge in [0.25, 0.3) is 0 Å². The fourth-order valence-electron chi connectivity index (χ4n) is 1.79. The van der Waals surface area contributed by atoms with Gasteiger partial charge < -0.3 is 14.4 Å². The van der Waals surface area contributed by atoms with Gasteiger partial charge in [0.15, 0.2) is 0 Å². The van der Waals surface area contributed by atoms with Gasteiger partial charge in [0, 0.05) is 23.5 Å². The first-order valence-corrected chi connectivity index (χ1v) is 4.98. The first-order valence-electron chi connectivity index (χ1n) is 4.61. The van der Waals surface area contributed by atoms with Crippen LogP contribution in [0.4, 0.5) is 0 Å². The van der Waals surface area contributed by atoms with Crippen LogP contribution in [0.5, 0.6) is 5.75 Å². The lowest BCUT2D eigenvalue weighted by atomic mass is 10.2. The average molecular weight is 240 g/mol. The van der Waals surface area contributed by atoms with E-state index in [0.717, 1.165) is 10.9 Å². The van der Waals surface area contributed by atoms with E-state index < -0.39 is 5.97 Å². The fourth-order valence-corrected chi connectivity index (χ4v) is 2.01. The number of aromatic carboxylic acids is 1. The second kappa shape index (κ2) is 3.72. The summed E-state index contributed by atoms with van der Waals surface area (Å²) in [5.74, 6) is -0.408. The number of hydrogen-bond acceptors (Lipinski definition) is 2. The minimum Gasteiger partial charge on any atom is -0.494 e. The first kappa shape index (κ1) is 10.8. The molecule has 0 saturated carbocycles. The Labute approximate surface area is 97.0 Å². The topological polar surface area (TPSA) is 51.5 Å². The van der Waals surface area contributed by atoms with E-state index in [1.54, 1.807) is 29.8 Å². The van der Waals surface area contributed by atoms with Gasteiger partial charge in [-0.05, 0) is 12.1 Å². The number of rotatable bonds is 2. The van der Waals surface area contributed by atoms with Crippen molar-refractivity contribution >= 4 is 28.5 Å². The lowest BCUT2D eigenvalue weighted by Gasteiger charge is -2.06. The Balaban J connectivity index is 2.85. The molecule has 1 heterocycles. The molecule has 5 heteroatoms. The second-order valence-electron chi connectivity index (χ2n) is 3.44. The van der Waals surface area contributed by atoms with Crippen LogP contribution < -0.4 is 4.74 Å². The van der Waals surface area contributed by atoms with Gasteiger partial charge in [0.1, 0.15) is 11.4 Å². The highest BCUT2D eigenvalue weighted by Gasteiger charge is 2.15. The molecule has 0 saturated heterocycles. The van der Waals surface area contributed by atoms with Gasteiger partial charge in [-0.25, -0.2) is 4.79 Å². The summed E-state index contributed by atoms with van der Waals surface area (Å²) < 4.78 is 6.76. The molecule has 0 aliphatic rings. The molecule has 1 aromatic heterocycles. The van der Waals surface area contributed by atoms with Crippen LogP contribution in [0.3, 0.4) is 0 Å². The summed E-state index contributed by atoms with van der Waals surface area (Å²) in [6, 6.07) is 4.95. The quantitative estimate of drug-likeness (QED) is 0.876. The predicted molar refractivity (Wildman–Crippen MR) is 61.4 cm³/mol. The molecule has 16 heavy (non-hydrogen) atoms. The van der Waals surface area contributed by atoms with Crippen LogP contribution in [-0.4, -0.2) is 22.8 Å². The molecule has 0 bridgehead atoms. The maximum Gasteiger partial charge on any atom is 0.352 e. The van der Waals surface area contributed by atoms with Crippen LogP contribution in [-0.2, 0) is 7.05 Å². The highest BCUT2D eigenvalue weighted by Crippen LogP contribution is 2.31. The fraction of sp³-hybridized carbons (Fsp3) is 0.182. The van der Waals surface area contributed by atoms with Crippen molar-refractivity contribution in [2.75, 3.05) is 7.11 Å². The summed E-state index contributed by atoms with van der Waals surface area (Å²) >= 11 is 5.91. The highest BCUT2D eigenvalue weighted by atomic mass is 35.5. The zero-order chi connectivity index (χ0) is 11.9. The van der Waals surface area contributed by atoms with Gasteiger partial charge >= 0.3 is 5.97 Å². The summed E-state index contributed by atoms with van der Waals surface area (Å²) in [5, 5.41) is 10.3. The predicted octanol–water partition coefficient (Wildman–Crippen LogP) is 2.54. The normalized spacial score (nSPS) is 10.7. The molecular weight excluding hydrogens is 230 g/mol. The number of benzene rings is 1. The molecular formula is C11H10ClNO3. The number of hydrogen-bond donors (Lipinski definition) is 1. The summed E-state index contributed by atoms with van der Waals surface area (Å²) in [6.07, 6.45) is 0. The third kappa shape index (κ3) is 1.51. The van der Waals surface area contributed by atoms with Crippen molar-refractivity contribution in [3.05, 3.63) is 28.9 Å². The largest absolute Gasteiger partial charge is 0.494 e. The van der Waals surface area contributed by atoms with E-state index in [1.165, 1.54) is 7.11 Å². The van der Waals surface area contributed by atoms with Crippen LogP contribution >= 0.6 is 11.6 Å². The van der Waals surface area contributed by atoms with Crippen molar-refractivity contribution in [1.82, 2.24) is 4.57 Å². The molecule has 0 aliphatic carbocycles. The van der Waals surface area contributed by atoms with Crippen LogP contribution in [0.25, 0.3) is 10.9 Å². The lowest BCUT2D eigenvalue weighted by molar-refractivity contribution is 0.0687.